The van der Waals surface area contributed by atoms with Gasteiger partial charge in [0.15, 0.2) is 0 Å². The van der Waals surface area contributed by atoms with Crippen LogP contribution >= 0.6 is 11.3 Å². The Morgan fingerprint density at radius 2 is 1.85 bits per heavy atom. The fourth-order valence-electron chi connectivity index (χ4n) is 3.01. The Balaban J connectivity index is 1.45. The molecule has 0 saturated heterocycles. The maximum atomic E-state index is 12.5. The van der Waals surface area contributed by atoms with Gasteiger partial charge in [-0.25, -0.2) is 9.97 Å². The quantitative estimate of drug-likeness (QED) is 0.549. The second-order valence-corrected chi connectivity index (χ2v) is 7.81. The summed E-state index contributed by atoms with van der Waals surface area (Å²) in [6.45, 7) is 4.41. The van der Waals surface area contributed by atoms with Gasteiger partial charge < -0.3 is 10.3 Å². The second kappa shape index (κ2) is 7.32. The highest BCUT2D eigenvalue weighted by atomic mass is 32.1. The Morgan fingerprint density at radius 3 is 2.63 bits per heavy atom. The van der Waals surface area contributed by atoms with Gasteiger partial charge in [-0.2, -0.15) is 0 Å². The third-order valence-corrected chi connectivity index (χ3v) is 5.31. The van der Waals surface area contributed by atoms with Crippen molar-refractivity contribution in [2.75, 3.05) is 0 Å². The topological polar surface area (TPSA) is 70.7 Å². The molecule has 0 bridgehead atoms. The number of fused-ring (bicyclic) bond motifs is 1. The Labute approximate surface area is 161 Å². The number of carbonyl (C=O) groups is 1. The Kier molecular flexibility index (Phi) is 4.73. The average Bonchev–Trinajstić information content (AvgIpc) is 3.23. The molecule has 0 saturated carbocycles. The van der Waals surface area contributed by atoms with Gasteiger partial charge in [-0.1, -0.05) is 42.0 Å². The summed E-state index contributed by atoms with van der Waals surface area (Å²) in [6.07, 6.45) is 0.314. The van der Waals surface area contributed by atoms with Gasteiger partial charge in [0, 0.05) is 10.4 Å². The summed E-state index contributed by atoms with van der Waals surface area (Å²) in [5.74, 6) is 0.719. The van der Waals surface area contributed by atoms with Crippen molar-refractivity contribution >= 4 is 28.3 Å². The van der Waals surface area contributed by atoms with Crippen LogP contribution in [0.1, 0.15) is 21.3 Å². The summed E-state index contributed by atoms with van der Waals surface area (Å²) in [5, 5.41) is 3.92. The number of benzene rings is 2. The van der Waals surface area contributed by atoms with E-state index >= 15 is 0 Å². The lowest BCUT2D eigenvalue weighted by Gasteiger charge is -2.05. The fourth-order valence-corrected chi connectivity index (χ4v) is 3.96. The number of aryl methyl sites for hydroxylation is 2. The first kappa shape index (κ1) is 17.4. The first-order chi connectivity index (χ1) is 13.1. The van der Waals surface area contributed by atoms with Crippen molar-refractivity contribution in [3.8, 4) is 11.3 Å². The van der Waals surface area contributed by atoms with Crippen molar-refractivity contribution in [3.05, 3.63) is 69.8 Å². The summed E-state index contributed by atoms with van der Waals surface area (Å²) in [5.41, 5.74) is 5.03. The number of hydrogen-bond acceptors (Lipinski definition) is 4. The van der Waals surface area contributed by atoms with Crippen molar-refractivity contribution in [3.63, 3.8) is 0 Å². The zero-order valence-corrected chi connectivity index (χ0v) is 16.1. The molecule has 0 fully saturated rings. The van der Waals surface area contributed by atoms with Crippen LogP contribution in [0.5, 0.6) is 0 Å². The van der Waals surface area contributed by atoms with Crippen LogP contribution < -0.4 is 5.32 Å². The normalized spacial score (nSPS) is 11.0. The summed E-state index contributed by atoms with van der Waals surface area (Å²) >= 11 is 1.57. The van der Waals surface area contributed by atoms with Gasteiger partial charge in [0.2, 0.25) is 5.91 Å². The van der Waals surface area contributed by atoms with E-state index in [4.69, 9.17) is 0 Å². The molecule has 1 amide bonds. The molecule has 0 aliphatic carbocycles. The lowest BCUT2D eigenvalue weighted by atomic mass is 10.1. The van der Waals surface area contributed by atoms with E-state index in [0.29, 0.717) is 13.0 Å². The van der Waals surface area contributed by atoms with E-state index in [1.807, 2.05) is 31.2 Å². The van der Waals surface area contributed by atoms with Gasteiger partial charge in [0.05, 0.1) is 34.7 Å². The van der Waals surface area contributed by atoms with Crippen LogP contribution in [0.15, 0.2) is 48.5 Å². The van der Waals surface area contributed by atoms with Crippen LogP contribution in [0.3, 0.4) is 0 Å². The minimum atomic E-state index is -0.0348. The highest BCUT2D eigenvalue weighted by Crippen LogP contribution is 2.28. The van der Waals surface area contributed by atoms with E-state index in [0.717, 1.165) is 38.0 Å². The van der Waals surface area contributed by atoms with Crippen molar-refractivity contribution in [1.82, 2.24) is 20.3 Å². The Hall–Kier alpha value is -2.99. The van der Waals surface area contributed by atoms with Crippen molar-refractivity contribution < 1.29 is 4.79 Å². The molecule has 2 aromatic carbocycles. The molecular weight excluding hydrogens is 356 g/mol. The largest absolute Gasteiger partial charge is 0.349 e. The minimum Gasteiger partial charge on any atom is -0.349 e. The second-order valence-electron chi connectivity index (χ2n) is 6.52. The van der Waals surface area contributed by atoms with Crippen molar-refractivity contribution in [2.45, 2.75) is 26.8 Å². The van der Waals surface area contributed by atoms with Crippen LogP contribution in [0.2, 0.25) is 0 Å². The van der Waals surface area contributed by atoms with Gasteiger partial charge in [0.25, 0.3) is 0 Å². The molecule has 27 heavy (non-hydrogen) atoms. The highest BCUT2D eigenvalue weighted by Gasteiger charge is 2.15. The van der Waals surface area contributed by atoms with Gasteiger partial charge in [0.1, 0.15) is 5.82 Å². The lowest BCUT2D eigenvalue weighted by Crippen LogP contribution is -2.25. The van der Waals surface area contributed by atoms with E-state index in [2.05, 4.69) is 51.5 Å². The van der Waals surface area contributed by atoms with Crippen LogP contribution in [0.4, 0.5) is 0 Å². The van der Waals surface area contributed by atoms with Crippen LogP contribution in [-0.4, -0.2) is 20.9 Å². The lowest BCUT2D eigenvalue weighted by molar-refractivity contribution is -0.120. The summed E-state index contributed by atoms with van der Waals surface area (Å²) in [6, 6.07) is 16.1. The Morgan fingerprint density at radius 1 is 1.07 bits per heavy atom. The summed E-state index contributed by atoms with van der Waals surface area (Å²) in [7, 11) is 0. The van der Waals surface area contributed by atoms with Crippen LogP contribution in [0.25, 0.3) is 22.3 Å². The number of aromatic amines is 1. The molecule has 0 aliphatic heterocycles. The highest BCUT2D eigenvalue weighted by molar-refractivity contribution is 7.12. The zero-order chi connectivity index (χ0) is 18.8. The molecule has 5 nitrogen and oxygen atoms in total. The number of rotatable bonds is 5. The number of carbonyl (C=O) groups excluding carboxylic acids is 1. The van der Waals surface area contributed by atoms with Gasteiger partial charge in [-0.05, 0) is 26.0 Å². The van der Waals surface area contributed by atoms with Crippen molar-refractivity contribution in [1.29, 1.82) is 0 Å². The third kappa shape index (κ3) is 3.90. The summed E-state index contributed by atoms with van der Waals surface area (Å²) in [4.78, 5) is 25.8. The van der Waals surface area contributed by atoms with Gasteiger partial charge >= 0.3 is 0 Å². The van der Waals surface area contributed by atoms with E-state index in [1.54, 1.807) is 11.3 Å². The fraction of sp³-hybridized carbons (Fsp3) is 0.190. The number of thiazole rings is 1. The molecule has 2 N–H and O–H groups in total. The number of amides is 1. The smallest absolute Gasteiger partial charge is 0.225 e. The van der Waals surface area contributed by atoms with Crippen molar-refractivity contribution in [2.24, 2.45) is 0 Å². The molecule has 0 unspecified atom stereocenters. The molecule has 0 radical (unpaired) electrons. The number of nitrogens with one attached hydrogen (secondary N) is 2. The number of H-pyrrole nitrogens is 1. The van der Waals surface area contributed by atoms with Gasteiger partial charge in [-0.15, -0.1) is 11.3 Å². The first-order valence-electron chi connectivity index (χ1n) is 8.82. The molecule has 2 aromatic heterocycles. The molecule has 2 heterocycles. The predicted molar refractivity (Wildman–Crippen MR) is 109 cm³/mol. The van der Waals surface area contributed by atoms with Crippen LogP contribution in [-0.2, 0) is 17.8 Å². The van der Waals surface area contributed by atoms with Gasteiger partial charge in [-0.3, -0.25) is 4.79 Å². The van der Waals surface area contributed by atoms with Crippen LogP contribution in [0, 0.1) is 13.8 Å². The first-order valence-corrected chi connectivity index (χ1v) is 9.64. The molecule has 0 spiro atoms. The SMILES string of the molecule is Cc1ccc(-c2nc(C)sc2CC(=O)NCc2nc3ccccc3[nH]2)cc1. The standard InChI is InChI=1S/C21H20N4OS/c1-13-7-9-15(10-8-13)21-18(27-14(2)23-21)11-20(26)22-12-19-24-16-5-3-4-6-17(16)25-19/h3-10H,11-12H2,1-2H3,(H,22,26)(H,24,25). The van der Waals surface area contributed by atoms with E-state index in [-0.39, 0.29) is 5.91 Å². The molecule has 4 rings (SSSR count). The zero-order valence-electron chi connectivity index (χ0n) is 15.2. The molecule has 136 valence electrons. The molecule has 0 aliphatic rings. The molecule has 0 atom stereocenters. The predicted octanol–water partition coefficient (Wildman–Crippen LogP) is 4.16. The molecule has 4 aromatic rings. The molecular formula is C21H20N4OS. The minimum absolute atomic E-state index is 0.0348. The maximum absolute atomic E-state index is 12.5. The number of nitrogens with zero attached hydrogens (tertiary/aromatic N) is 2. The number of aromatic nitrogens is 3. The Bertz CT molecular complexity index is 1060. The number of imidazole rings is 1. The molecule has 6 heteroatoms. The third-order valence-electron chi connectivity index (χ3n) is 4.34. The summed E-state index contributed by atoms with van der Waals surface area (Å²) < 4.78 is 0. The number of hydrogen-bond donors (Lipinski definition) is 2. The maximum Gasteiger partial charge on any atom is 0.225 e. The number of para-hydroxylation sites is 2. The monoisotopic (exact) mass is 376 g/mol. The van der Waals surface area contributed by atoms with E-state index in [9.17, 15) is 4.79 Å². The average molecular weight is 376 g/mol. The van der Waals surface area contributed by atoms with E-state index < -0.39 is 0 Å². The van der Waals surface area contributed by atoms with E-state index in [1.165, 1.54) is 5.56 Å².